The van der Waals surface area contributed by atoms with Crippen LogP contribution in [-0.2, 0) is 12.4 Å². The molecule has 178 valence electrons. The largest absolute Gasteiger partial charge is 0.433 e. The number of pyridine rings is 2. The van der Waals surface area contributed by atoms with Gasteiger partial charge in [-0.25, -0.2) is 19.9 Å². The van der Waals surface area contributed by atoms with Crippen molar-refractivity contribution in [2.45, 2.75) is 39.2 Å². The molecule has 0 aromatic carbocycles. The third-order valence-corrected chi connectivity index (χ3v) is 5.01. The van der Waals surface area contributed by atoms with Gasteiger partial charge in [-0.05, 0) is 51.1 Å². The van der Waals surface area contributed by atoms with Crippen LogP contribution in [0.1, 0.15) is 36.8 Å². The molecule has 0 spiro atoms. The summed E-state index contributed by atoms with van der Waals surface area (Å²) in [6, 6.07) is 6.68. The molecule has 0 saturated heterocycles. The Hall–Kier alpha value is -3.70. The topological polar surface area (TPSA) is 68.5 Å². The summed E-state index contributed by atoms with van der Waals surface area (Å²) in [5.41, 5.74) is -0.977. The molecule has 0 radical (unpaired) electrons. The predicted octanol–water partition coefficient (Wildman–Crippen LogP) is 6.56. The zero-order valence-electron chi connectivity index (χ0n) is 18.1. The Kier molecular flexibility index (Phi) is 5.70. The number of hydrogen-bond donors (Lipinski definition) is 1. The van der Waals surface area contributed by atoms with Gasteiger partial charge in [0, 0.05) is 17.9 Å². The van der Waals surface area contributed by atoms with E-state index in [4.69, 9.17) is 0 Å². The SMILES string of the molecule is Cc1cc2c(Nc3cc(C(F)(F)F)ccn3)nc(-c3cccc(C(F)(F)F)n3)nc2n1C(C)C. The average Bonchev–Trinajstić information content (AvgIpc) is 3.09. The van der Waals surface area contributed by atoms with Crippen LogP contribution in [0, 0.1) is 6.92 Å². The Balaban J connectivity index is 1.91. The van der Waals surface area contributed by atoms with Crippen molar-refractivity contribution in [3.05, 3.63) is 59.5 Å². The monoisotopic (exact) mass is 480 g/mol. The molecule has 0 saturated carbocycles. The van der Waals surface area contributed by atoms with Gasteiger partial charge in [-0.2, -0.15) is 26.3 Å². The highest BCUT2D eigenvalue weighted by Gasteiger charge is 2.33. The number of fused-ring (bicyclic) bond motifs is 1. The minimum absolute atomic E-state index is 0.0609. The van der Waals surface area contributed by atoms with E-state index in [0.29, 0.717) is 11.0 Å². The first-order chi connectivity index (χ1) is 15.8. The van der Waals surface area contributed by atoms with Crippen LogP contribution in [0.25, 0.3) is 22.6 Å². The second kappa shape index (κ2) is 8.26. The zero-order valence-corrected chi connectivity index (χ0v) is 18.1. The molecule has 0 atom stereocenters. The van der Waals surface area contributed by atoms with Crippen molar-refractivity contribution in [1.82, 2.24) is 24.5 Å². The van der Waals surface area contributed by atoms with Gasteiger partial charge in [-0.15, -0.1) is 0 Å². The van der Waals surface area contributed by atoms with Crippen molar-refractivity contribution < 1.29 is 26.3 Å². The molecule has 0 aliphatic rings. The zero-order chi connectivity index (χ0) is 24.8. The average molecular weight is 480 g/mol. The summed E-state index contributed by atoms with van der Waals surface area (Å²) in [6.07, 6.45) is -8.24. The Bertz CT molecular complexity index is 1360. The number of halogens is 6. The second-order valence-corrected chi connectivity index (χ2v) is 7.84. The number of hydrogen-bond acceptors (Lipinski definition) is 5. The molecular formula is C22H18F6N6. The van der Waals surface area contributed by atoms with Gasteiger partial charge in [-0.1, -0.05) is 6.07 Å². The molecule has 6 nitrogen and oxygen atoms in total. The van der Waals surface area contributed by atoms with Gasteiger partial charge < -0.3 is 9.88 Å². The molecule has 12 heteroatoms. The normalized spacial score (nSPS) is 12.5. The summed E-state index contributed by atoms with van der Waals surface area (Å²) in [6.45, 7) is 5.62. The number of aromatic nitrogens is 5. The molecule has 0 aliphatic heterocycles. The Morgan fingerprint density at radius 1 is 0.912 bits per heavy atom. The first-order valence-electron chi connectivity index (χ1n) is 10.1. The van der Waals surface area contributed by atoms with Gasteiger partial charge in [0.25, 0.3) is 0 Å². The van der Waals surface area contributed by atoms with Crippen molar-refractivity contribution in [2.75, 3.05) is 5.32 Å². The van der Waals surface area contributed by atoms with Crippen molar-refractivity contribution in [3.8, 4) is 11.5 Å². The van der Waals surface area contributed by atoms with Crippen LogP contribution in [0.5, 0.6) is 0 Å². The van der Waals surface area contributed by atoms with E-state index < -0.39 is 23.6 Å². The standard InChI is InChI=1S/C22H18F6N6/c1-11(2)34-12(3)9-14-18(31-17-10-13(7-8-29-17)21(23,24)25)32-19(33-20(14)34)15-5-4-6-16(30-15)22(26,27)28/h4-11H,1-3H3,(H,29,31,32,33). The quantitative estimate of drug-likeness (QED) is 0.335. The Morgan fingerprint density at radius 2 is 1.65 bits per heavy atom. The minimum Gasteiger partial charge on any atom is -0.327 e. The van der Waals surface area contributed by atoms with E-state index in [9.17, 15) is 26.3 Å². The van der Waals surface area contributed by atoms with Crippen LogP contribution in [0.3, 0.4) is 0 Å². The lowest BCUT2D eigenvalue weighted by Crippen LogP contribution is -2.10. The summed E-state index contributed by atoms with van der Waals surface area (Å²) in [5, 5.41) is 3.24. The number of aryl methyl sites for hydroxylation is 1. The van der Waals surface area contributed by atoms with E-state index in [-0.39, 0.29) is 29.2 Å². The van der Waals surface area contributed by atoms with E-state index in [2.05, 4.69) is 25.3 Å². The van der Waals surface area contributed by atoms with Gasteiger partial charge >= 0.3 is 12.4 Å². The van der Waals surface area contributed by atoms with Gasteiger partial charge in [0.15, 0.2) is 5.82 Å². The Labute approximate surface area is 189 Å². The first-order valence-corrected chi connectivity index (χ1v) is 10.1. The third kappa shape index (κ3) is 4.52. The van der Waals surface area contributed by atoms with Crippen LogP contribution >= 0.6 is 0 Å². The first kappa shape index (κ1) is 23.5. The maximum atomic E-state index is 13.2. The van der Waals surface area contributed by atoms with Crippen LogP contribution < -0.4 is 5.32 Å². The predicted molar refractivity (Wildman–Crippen MR) is 113 cm³/mol. The van der Waals surface area contributed by atoms with Crippen molar-refractivity contribution in [3.63, 3.8) is 0 Å². The molecular weight excluding hydrogens is 462 g/mol. The lowest BCUT2D eigenvalue weighted by atomic mass is 10.2. The summed E-state index contributed by atoms with van der Waals surface area (Å²) in [5.74, 6) is -0.158. The maximum absolute atomic E-state index is 13.2. The second-order valence-electron chi connectivity index (χ2n) is 7.84. The van der Waals surface area contributed by atoms with Gasteiger partial charge in [0.2, 0.25) is 0 Å². The molecule has 4 aromatic heterocycles. The van der Waals surface area contributed by atoms with E-state index in [0.717, 1.165) is 30.1 Å². The molecule has 4 rings (SSSR count). The van der Waals surface area contributed by atoms with Gasteiger partial charge in [0.05, 0.1) is 10.9 Å². The number of alkyl halides is 6. The van der Waals surface area contributed by atoms with Crippen molar-refractivity contribution in [1.29, 1.82) is 0 Å². The van der Waals surface area contributed by atoms with Gasteiger partial charge in [-0.3, -0.25) is 0 Å². The maximum Gasteiger partial charge on any atom is 0.433 e. The lowest BCUT2D eigenvalue weighted by Gasteiger charge is -2.14. The number of nitrogens with one attached hydrogen (secondary N) is 1. The lowest BCUT2D eigenvalue weighted by molar-refractivity contribution is -0.141. The summed E-state index contributed by atoms with van der Waals surface area (Å²) in [4.78, 5) is 16.3. The number of rotatable bonds is 4. The molecule has 34 heavy (non-hydrogen) atoms. The van der Waals surface area contributed by atoms with Crippen molar-refractivity contribution >= 4 is 22.7 Å². The number of anilines is 2. The number of nitrogens with zero attached hydrogens (tertiary/aromatic N) is 5. The molecule has 4 heterocycles. The van der Waals surface area contributed by atoms with Gasteiger partial charge in [0.1, 0.15) is 28.7 Å². The van der Waals surface area contributed by atoms with E-state index in [1.807, 2.05) is 25.3 Å². The molecule has 1 N–H and O–H groups in total. The molecule has 0 unspecified atom stereocenters. The highest BCUT2D eigenvalue weighted by molar-refractivity contribution is 5.91. The molecule has 0 amide bonds. The summed E-state index contributed by atoms with van der Waals surface area (Å²) >= 11 is 0. The van der Waals surface area contributed by atoms with E-state index in [1.165, 1.54) is 12.1 Å². The Morgan fingerprint density at radius 3 is 2.29 bits per heavy atom. The van der Waals surface area contributed by atoms with Crippen LogP contribution in [0.4, 0.5) is 38.0 Å². The van der Waals surface area contributed by atoms with Crippen LogP contribution in [0.15, 0.2) is 42.6 Å². The summed E-state index contributed by atoms with van der Waals surface area (Å²) < 4.78 is 80.8. The minimum atomic E-state index is -4.67. The molecule has 0 fully saturated rings. The molecule has 0 aliphatic carbocycles. The highest BCUT2D eigenvalue weighted by Crippen LogP contribution is 2.34. The summed E-state index contributed by atoms with van der Waals surface area (Å²) in [7, 11) is 0. The molecule has 4 aromatic rings. The molecule has 0 bridgehead atoms. The fraction of sp³-hybridized carbons (Fsp3) is 0.273. The van der Waals surface area contributed by atoms with E-state index in [1.54, 1.807) is 6.07 Å². The smallest absolute Gasteiger partial charge is 0.327 e. The highest BCUT2D eigenvalue weighted by atomic mass is 19.4. The fourth-order valence-electron chi connectivity index (χ4n) is 3.59. The van der Waals surface area contributed by atoms with Crippen LogP contribution in [0.2, 0.25) is 0 Å². The third-order valence-electron chi connectivity index (χ3n) is 5.01. The van der Waals surface area contributed by atoms with Crippen LogP contribution in [-0.4, -0.2) is 24.5 Å². The van der Waals surface area contributed by atoms with E-state index >= 15 is 0 Å². The van der Waals surface area contributed by atoms with Crippen molar-refractivity contribution in [2.24, 2.45) is 0 Å². The fourth-order valence-corrected chi connectivity index (χ4v) is 3.59.